The van der Waals surface area contributed by atoms with Crippen LogP contribution >= 0.6 is 0 Å². The lowest BCUT2D eigenvalue weighted by Crippen LogP contribution is -2.16. The van der Waals surface area contributed by atoms with Crippen molar-refractivity contribution in [3.63, 3.8) is 0 Å². The van der Waals surface area contributed by atoms with E-state index in [1.807, 2.05) is 19.2 Å². The van der Waals surface area contributed by atoms with Crippen LogP contribution in [-0.4, -0.2) is 26.3 Å². The number of nitrogens with two attached hydrogens (primary N) is 1. The summed E-state index contributed by atoms with van der Waals surface area (Å²) < 4.78 is 5.15. The predicted octanol–water partition coefficient (Wildman–Crippen LogP) is 0.641. The Bertz CT molecular complexity index is 143. The number of hydrogen-bond donors (Lipinski definition) is 2. The smallest absolute Gasteiger partial charge is 0.0639 e. The van der Waals surface area contributed by atoms with Gasteiger partial charge in [-0.25, -0.2) is 0 Å². The first-order chi connectivity index (χ1) is 5.77. The van der Waals surface area contributed by atoms with Gasteiger partial charge in [0.1, 0.15) is 0 Å². The van der Waals surface area contributed by atoms with Crippen molar-refractivity contribution in [2.75, 3.05) is 26.3 Å². The van der Waals surface area contributed by atoms with E-state index in [-0.39, 0.29) is 0 Å². The molecule has 0 aliphatic heterocycles. The van der Waals surface area contributed by atoms with Gasteiger partial charge in [-0.2, -0.15) is 0 Å². The molecule has 3 heteroatoms. The highest BCUT2D eigenvalue weighted by atomic mass is 16.5. The normalized spacial score (nSPS) is 10.5. The first kappa shape index (κ1) is 11.2. The largest absolute Gasteiger partial charge is 0.389 e. The minimum atomic E-state index is 0.585. The third kappa shape index (κ3) is 9.20. The summed E-state index contributed by atoms with van der Waals surface area (Å²) in [4.78, 5) is 0. The van der Waals surface area contributed by atoms with Crippen LogP contribution in [0.2, 0.25) is 0 Å². The number of nitrogens with one attached hydrogen (secondary N) is 1. The molecule has 3 nitrogen and oxygen atoms in total. The zero-order chi connectivity index (χ0) is 9.23. The Hall–Kier alpha value is -0.800. The van der Waals surface area contributed by atoms with Crippen molar-refractivity contribution in [1.82, 2.24) is 5.32 Å². The molecule has 3 N–H and O–H groups in total. The molecule has 0 heterocycles. The summed E-state index contributed by atoms with van der Waals surface area (Å²) in [6.07, 6.45) is 3.79. The summed E-state index contributed by atoms with van der Waals surface area (Å²) in [7, 11) is 0. The van der Waals surface area contributed by atoms with Gasteiger partial charge in [-0.3, -0.25) is 0 Å². The molecule has 0 saturated heterocycles. The van der Waals surface area contributed by atoms with E-state index in [0.29, 0.717) is 19.8 Å². The van der Waals surface area contributed by atoms with Crippen LogP contribution in [0.4, 0.5) is 0 Å². The topological polar surface area (TPSA) is 47.3 Å². The maximum atomic E-state index is 5.24. The molecular weight excluding hydrogens is 152 g/mol. The monoisotopic (exact) mass is 170 g/mol. The van der Waals surface area contributed by atoms with Crippen LogP contribution in [0.15, 0.2) is 24.4 Å². The van der Waals surface area contributed by atoms with Crippen molar-refractivity contribution in [3.05, 3.63) is 24.4 Å². The Morgan fingerprint density at radius 3 is 2.92 bits per heavy atom. The molecule has 0 rings (SSSR count). The Labute approximate surface area is 74.3 Å². The molecular formula is C9H18N2O. The summed E-state index contributed by atoms with van der Waals surface area (Å²) >= 11 is 0. The lowest BCUT2D eigenvalue weighted by Gasteiger charge is -2.01. The van der Waals surface area contributed by atoms with Crippen molar-refractivity contribution in [3.8, 4) is 0 Å². The van der Waals surface area contributed by atoms with Crippen LogP contribution < -0.4 is 11.1 Å². The van der Waals surface area contributed by atoms with E-state index in [0.717, 1.165) is 12.1 Å². The molecule has 0 unspecified atom stereocenters. The fourth-order valence-electron chi connectivity index (χ4n) is 0.601. The molecule has 0 amide bonds. The number of hydrogen-bond acceptors (Lipinski definition) is 3. The summed E-state index contributed by atoms with van der Waals surface area (Å²) in [5.41, 5.74) is 6.27. The molecule has 0 aromatic rings. The molecule has 0 atom stereocenters. The second-order valence-electron chi connectivity index (χ2n) is 2.53. The summed E-state index contributed by atoms with van der Waals surface area (Å²) in [6.45, 7) is 8.39. The van der Waals surface area contributed by atoms with Crippen LogP contribution in [0.1, 0.15) is 6.92 Å². The average Bonchev–Trinajstić information content (AvgIpc) is 2.02. The molecule has 0 spiro atoms. The van der Waals surface area contributed by atoms with Crippen molar-refractivity contribution in [1.29, 1.82) is 0 Å². The average molecular weight is 170 g/mol. The van der Waals surface area contributed by atoms with E-state index < -0.39 is 0 Å². The third-order valence-corrected chi connectivity index (χ3v) is 1.14. The van der Waals surface area contributed by atoms with E-state index in [2.05, 4.69) is 11.9 Å². The van der Waals surface area contributed by atoms with Gasteiger partial charge in [0.05, 0.1) is 13.2 Å². The standard InChI is InChI=1S/C9H18N2O/c1-9(2)3-5-11-6-8-12-7-4-10/h3,5,11H,1,4,6-8,10H2,2H3/b5-3-. The first-order valence-corrected chi connectivity index (χ1v) is 4.10. The highest BCUT2D eigenvalue weighted by Crippen LogP contribution is 1.85. The van der Waals surface area contributed by atoms with Crippen LogP contribution in [0.5, 0.6) is 0 Å². The lowest BCUT2D eigenvalue weighted by molar-refractivity contribution is 0.145. The Kier molecular flexibility index (Phi) is 7.74. The van der Waals surface area contributed by atoms with Gasteiger partial charge in [0.15, 0.2) is 0 Å². The van der Waals surface area contributed by atoms with Gasteiger partial charge < -0.3 is 15.8 Å². The highest BCUT2D eigenvalue weighted by Gasteiger charge is 1.82. The lowest BCUT2D eigenvalue weighted by atomic mass is 10.3. The van der Waals surface area contributed by atoms with Crippen molar-refractivity contribution >= 4 is 0 Å². The molecule has 0 bridgehead atoms. The van der Waals surface area contributed by atoms with Gasteiger partial charge in [-0.05, 0) is 19.2 Å². The SMILES string of the molecule is C=C(C)/C=C\NCCOCCN. The Balaban J connectivity index is 3.05. The molecule has 0 aromatic heterocycles. The molecule has 0 aliphatic carbocycles. The zero-order valence-corrected chi connectivity index (χ0v) is 7.68. The maximum Gasteiger partial charge on any atom is 0.0639 e. The first-order valence-electron chi connectivity index (χ1n) is 4.10. The molecule has 0 saturated carbocycles. The minimum absolute atomic E-state index is 0.585. The predicted molar refractivity (Wildman–Crippen MR) is 51.8 cm³/mol. The van der Waals surface area contributed by atoms with Gasteiger partial charge in [0.2, 0.25) is 0 Å². The van der Waals surface area contributed by atoms with Crippen molar-refractivity contribution < 1.29 is 4.74 Å². The van der Waals surface area contributed by atoms with Crippen molar-refractivity contribution in [2.24, 2.45) is 5.73 Å². The van der Waals surface area contributed by atoms with Gasteiger partial charge in [-0.1, -0.05) is 12.2 Å². The maximum absolute atomic E-state index is 5.24. The molecule has 12 heavy (non-hydrogen) atoms. The zero-order valence-electron chi connectivity index (χ0n) is 7.68. The van der Waals surface area contributed by atoms with Crippen LogP contribution in [0, 0.1) is 0 Å². The molecule has 0 aromatic carbocycles. The Morgan fingerprint density at radius 1 is 1.58 bits per heavy atom. The molecule has 0 radical (unpaired) electrons. The minimum Gasteiger partial charge on any atom is -0.389 e. The highest BCUT2D eigenvalue weighted by molar-refractivity contribution is 5.09. The fraction of sp³-hybridized carbons (Fsp3) is 0.556. The van der Waals surface area contributed by atoms with Gasteiger partial charge in [0.25, 0.3) is 0 Å². The quantitative estimate of drug-likeness (QED) is 0.435. The van der Waals surface area contributed by atoms with E-state index >= 15 is 0 Å². The van der Waals surface area contributed by atoms with Gasteiger partial charge in [0, 0.05) is 13.1 Å². The second-order valence-corrected chi connectivity index (χ2v) is 2.53. The Morgan fingerprint density at radius 2 is 2.33 bits per heavy atom. The molecule has 70 valence electrons. The summed E-state index contributed by atoms with van der Waals surface area (Å²) in [5.74, 6) is 0. The second kappa shape index (κ2) is 8.30. The number of ether oxygens (including phenoxy) is 1. The van der Waals surface area contributed by atoms with E-state index in [1.165, 1.54) is 0 Å². The number of allylic oxidation sites excluding steroid dienone is 2. The molecule has 0 aliphatic rings. The van der Waals surface area contributed by atoms with Gasteiger partial charge >= 0.3 is 0 Å². The van der Waals surface area contributed by atoms with Gasteiger partial charge in [-0.15, -0.1) is 0 Å². The summed E-state index contributed by atoms with van der Waals surface area (Å²) in [6, 6.07) is 0. The van der Waals surface area contributed by atoms with Crippen LogP contribution in [-0.2, 0) is 4.74 Å². The van der Waals surface area contributed by atoms with E-state index in [9.17, 15) is 0 Å². The van der Waals surface area contributed by atoms with Crippen LogP contribution in [0.25, 0.3) is 0 Å². The molecule has 0 fully saturated rings. The fourth-order valence-corrected chi connectivity index (χ4v) is 0.601. The third-order valence-electron chi connectivity index (χ3n) is 1.14. The van der Waals surface area contributed by atoms with Crippen LogP contribution in [0.3, 0.4) is 0 Å². The summed E-state index contributed by atoms with van der Waals surface area (Å²) in [5, 5.41) is 3.07. The number of rotatable bonds is 7. The van der Waals surface area contributed by atoms with Crippen molar-refractivity contribution in [2.45, 2.75) is 6.92 Å². The van der Waals surface area contributed by atoms with E-state index in [4.69, 9.17) is 10.5 Å². The van der Waals surface area contributed by atoms with E-state index in [1.54, 1.807) is 0 Å².